The zero-order valence-corrected chi connectivity index (χ0v) is 10.7. The van der Waals surface area contributed by atoms with Crippen LogP contribution < -0.4 is 10.6 Å². The predicted octanol–water partition coefficient (Wildman–Crippen LogP) is 3.60. The van der Waals surface area contributed by atoms with Crippen molar-refractivity contribution in [3.8, 4) is 0 Å². The average Bonchev–Trinajstić information content (AvgIpc) is 2.40. The lowest BCUT2D eigenvalue weighted by Gasteiger charge is -2.25. The normalized spacial score (nSPS) is 10.3. The van der Waals surface area contributed by atoms with Gasteiger partial charge in [-0.3, -0.25) is 0 Å². The number of nitrogens with zero attached hydrogens (tertiary/aromatic N) is 2. The van der Waals surface area contributed by atoms with Gasteiger partial charge in [-0.1, -0.05) is 31.5 Å². The molecule has 18 heavy (non-hydrogen) atoms. The third kappa shape index (κ3) is 3.00. The van der Waals surface area contributed by atoms with Crippen LogP contribution in [-0.4, -0.2) is 11.5 Å². The summed E-state index contributed by atoms with van der Waals surface area (Å²) in [6.07, 6.45) is 4.08. The lowest BCUT2D eigenvalue weighted by molar-refractivity contribution is 0.785. The van der Waals surface area contributed by atoms with Gasteiger partial charge < -0.3 is 10.6 Å². The van der Waals surface area contributed by atoms with Gasteiger partial charge in [0.15, 0.2) is 0 Å². The van der Waals surface area contributed by atoms with Crippen molar-refractivity contribution in [2.45, 2.75) is 19.8 Å². The number of hydrogen-bond donors (Lipinski definition) is 1. The van der Waals surface area contributed by atoms with E-state index < -0.39 is 0 Å². The van der Waals surface area contributed by atoms with Crippen LogP contribution in [-0.2, 0) is 0 Å². The minimum atomic E-state index is 0.560. The molecule has 0 radical (unpaired) electrons. The van der Waals surface area contributed by atoms with Crippen LogP contribution in [0.4, 0.5) is 17.2 Å². The lowest BCUT2D eigenvalue weighted by atomic mass is 10.2. The molecular weight excluding hydrogens is 222 g/mol. The van der Waals surface area contributed by atoms with Gasteiger partial charge in [0.2, 0.25) is 0 Å². The first-order valence-corrected chi connectivity index (χ1v) is 6.35. The number of unbranched alkanes of at least 4 members (excludes halogenated alkanes) is 1. The van der Waals surface area contributed by atoms with Gasteiger partial charge in [0.05, 0.1) is 0 Å². The number of pyridine rings is 1. The predicted molar refractivity (Wildman–Crippen MR) is 77.0 cm³/mol. The second kappa shape index (κ2) is 6.05. The molecule has 0 aliphatic heterocycles. The van der Waals surface area contributed by atoms with Gasteiger partial charge >= 0.3 is 0 Å². The van der Waals surface area contributed by atoms with Crippen LogP contribution in [0, 0.1) is 0 Å². The highest BCUT2D eigenvalue weighted by atomic mass is 15.1. The van der Waals surface area contributed by atoms with Crippen LogP contribution in [0.25, 0.3) is 0 Å². The van der Waals surface area contributed by atoms with Crippen LogP contribution in [0.2, 0.25) is 0 Å². The monoisotopic (exact) mass is 241 g/mol. The first-order chi connectivity index (χ1) is 8.81. The van der Waals surface area contributed by atoms with Crippen LogP contribution in [0.1, 0.15) is 19.8 Å². The second-order valence-electron chi connectivity index (χ2n) is 4.28. The topological polar surface area (TPSA) is 42.2 Å². The summed E-state index contributed by atoms with van der Waals surface area (Å²) < 4.78 is 0. The molecule has 1 aromatic heterocycles. The maximum absolute atomic E-state index is 5.77. The molecule has 0 aliphatic carbocycles. The van der Waals surface area contributed by atoms with Gasteiger partial charge in [-0.2, -0.15) is 0 Å². The van der Waals surface area contributed by atoms with Crippen LogP contribution in [0.3, 0.4) is 0 Å². The molecule has 0 fully saturated rings. The number of aromatic nitrogens is 1. The molecule has 0 saturated heterocycles. The summed E-state index contributed by atoms with van der Waals surface area (Å²) in [5.41, 5.74) is 8.06. The Bertz CT molecular complexity index is 482. The Morgan fingerprint density at radius 1 is 1.11 bits per heavy atom. The molecular formula is C15H19N3. The number of nitrogens with two attached hydrogens (primary N) is 1. The maximum atomic E-state index is 5.77. The smallest absolute Gasteiger partial charge is 0.125 e. The van der Waals surface area contributed by atoms with Crippen molar-refractivity contribution >= 4 is 17.2 Å². The molecule has 1 heterocycles. The summed E-state index contributed by atoms with van der Waals surface area (Å²) in [7, 11) is 0. The summed E-state index contributed by atoms with van der Waals surface area (Å²) >= 11 is 0. The Labute approximate surface area is 108 Å². The molecule has 0 unspecified atom stereocenters. The van der Waals surface area contributed by atoms with Gasteiger partial charge in [-0.05, 0) is 24.6 Å². The number of benzene rings is 1. The van der Waals surface area contributed by atoms with E-state index in [0.29, 0.717) is 5.82 Å². The first-order valence-electron chi connectivity index (χ1n) is 6.35. The molecule has 2 rings (SSSR count). The summed E-state index contributed by atoms with van der Waals surface area (Å²) in [6, 6.07) is 14.3. The van der Waals surface area contributed by atoms with Crippen molar-refractivity contribution in [3.63, 3.8) is 0 Å². The van der Waals surface area contributed by atoms with Crippen molar-refractivity contribution in [1.29, 1.82) is 0 Å². The maximum Gasteiger partial charge on any atom is 0.125 e. The molecule has 0 saturated carbocycles. The number of para-hydroxylation sites is 1. The Hall–Kier alpha value is -2.03. The standard InChI is InChI=1S/C15H19N3/c1-2-3-11-18(13-7-5-4-6-8-13)14-9-10-17-15(16)12-14/h4-10,12H,2-3,11H2,1H3,(H2,16,17). The minimum absolute atomic E-state index is 0.560. The molecule has 0 bridgehead atoms. The Morgan fingerprint density at radius 3 is 2.56 bits per heavy atom. The summed E-state index contributed by atoms with van der Waals surface area (Å²) in [5, 5.41) is 0. The molecule has 2 aromatic rings. The van der Waals surface area contributed by atoms with Gasteiger partial charge in [0, 0.05) is 30.2 Å². The first kappa shape index (κ1) is 12.4. The fourth-order valence-electron chi connectivity index (χ4n) is 1.94. The number of rotatable bonds is 5. The highest BCUT2D eigenvalue weighted by Crippen LogP contribution is 2.26. The third-order valence-electron chi connectivity index (χ3n) is 2.88. The fraction of sp³-hybridized carbons (Fsp3) is 0.267. The Balaban J connectivity index is 2.31. The number of nitrogen functional groups attached to an aromatic ring is 1. The molecule has 1 aromatic carbocycles. The second-order valence-corrected chi connectivity index (χ2v) is 4.28. The van der Waals surface area contributed by atoms with E-state index in [1.54, 1.807) is 6.20 Å². The van der Waals surface area contributed by atoms with Crippen molar-refractivity contribution < 1.29 is 0 Å². The average molecular weight is 241 g/mol. The van der Waals surface area contributed by atoms with Crippen molar-refractivity contribution in [1.82, 2.24) is 4.98 Å². The highest BCUT2D eigenvalue weighted by Gasteiger charge is 2.08. The van der Waals surface area contributed by atoms with Gasteiger partial charge in [0.25, 0.3) is 0 Å². The molecule has 3 nitrogen and oxygen atoms in total. The van der Waals surface area contributed by atoms with E-state index >= 15 is 0 Å². The van der Waals surface area contributed by atoms with E-state index in [-0.39, 0.29) is 0 Å². The molecule has 0 aliphatic rings. The zero-order valence-electron chi connectivity index (χ0n) is 10.7. The van der Waals surface area contributed by atoms with Gasteiger partial charge in [0.1, 0.15) is 5.82 Å². The SMILES string of the molecule is CCCCN(c1ccccc1)c1ccnc(N)c1. The van der Waals surface area contributed by atoms with Crippen LogP contribution in [0.15, 0.2) is 48.7 Å². The van der Waals surface area contributed by atoms with Crippen LogP contribution >= 0.6 is 0 Å². The zero-order chi connectivity index (χ0) is 12.8. The van der Waals surface area contributed by atoms with E-state index in [1.807, 2.05) is 18.2 Å². The Kier molecular flexibility index (Phi) is 4.18. The minimum Gasteiger partial charge on any atom is -0.384 e. The van der Waals surface area contributed by atoms with E-state index in [2.05, 4.69) is 41.1 Å². The van der Waals surface area contributed by atoms with Crippen LogP contribution in [0.5, 0.6) is 0 Å². The van der Waals surface area contributed by atoms with Gasteiger partial charge in [-0.15, -0.1) is 0 Å². The number of anilines is 3. The fourth-order valence-corrected chi connectivity index (χ4v) is 1.94. The van der Waals surface area contributed by atoms with E-state index in [9.17, 15) is 0 Å². The summed E-state index contributed by atoms with van der Waals surface area (Å²) in [4.78, 5) is 6.33. The molecule has 3 heteroatoms. The summed E-state index contributed by atoms with van der Waals surface area (Å²) in [5.74, 6) is 0.560. The molecule has 2 N–H and O–H groups in total. The van der Waals surface area contributed by atoms with E-state index in [1.165, 1.54) is 12.1 Å². The van der Waals surface area contributed by atoms with Crippen molar-refractivity contribution in [3.05, 3.63) is 48.7 Å². The number of hydrogen-bond acceptors (Lipinski definition) is 3. The van der Waals surface area contributed by atoms with E-state index in [4.69, 9.17) is 5.73 Å². The Morgan fingerprint density at radius 2 is 1.89 bits per heavy atom. The molecule has 94 valence electrons. The van der Waals surface area contributed by atoms with Gasteiger partial charge in [-0.25, -0.2) is 4.98 Å². The van der Waals surface area contributed by atoms with Crippen molar-refractivity contribution in [2.75, 3.05) is 17.2 Å². The molecule has 0 atom stereocenters. The molecule has 0 amide bonds. The lowest BCUT2D eigenvalue weighted by Crippen LogP contribution is -2.18. The molecule has 0 spiro atoms. The van der Waals surface area contributed by atoms with E-state index in [0.717, 1.165) is 18.7 Å². The highest BCUT2D eigenvalue weighted by molar-refractivity contribution is 5.64. The quantitative estimate of drug-likeness (QED) is 0.869. The van der Waals surface area contributed by atoms with Crippen molar-refractivity contribution in [2.24, 2.45) is 0 Å². The third-order valence-corrected chi connectivity index (χ3v) is 2.88. The summed E-state index contributed by atoms with van der Waals surface area (Å²) in [6.45, 7) is 3.19. The largest absolute Gasteiger partial charge is 0.384 e.